The highest BCUT2D eigenvalue weighted by Gasteiger charge is 2.10. The van der Waals surface area contributed by atoms with Crippen molar-refractivity contribution in [2.24, 2.45) is 0 Å². The number of rotatable bonds is 4. The lowest BCUT2D eigenvalue weighted by Gasteiger charge is -2.15. The summed E-state index contributed by atoms with van der Waals surface area (Å²) in [7, 11) is 0. The first-order valence-corrected chi connectivity index (χ1v) is 6.90. The Morgan fingerprint density at radius 3 is 2.68 bits per heavy atom. The van der Waals surface area contributed by atoms with Crippen molar-refractivity contribution < 1.29 is 4.39 Å². The van der Waals surface area contributed by atoms with E-state index in [1.54, 1.807) is 12.1 Å². The van der Waals surface area contributed by atoms with Crippen LogP contribution in [0.5, 0.6) is 0 Å². The number of benzene rings is 1. The second-order valence-corrected chi connectivity index (χ2v) is 5.35. The Kier molecular flexibility index (Phi) is 4.71. The van der Waals surface area contributed by atoms with E-state index in [1.807, 2.05) is 6.92 Å². The Balaban J connectivity index is 2.03. The molecule has 6 heteroatoms. The van der Waals surface area contributed by atoms with E-state index in [9.17, 15) is 4.39 Å². The van der Waals surface area contributed by atoms with Gasteiger partial charge < -0.3 is 5.32 Å². The van der Waals surface area contributed by atoms with Crippen molar-refractivity contribution in [1.29, 1.82) is 0 Å². The van der Waals surface area contributed by atoms with Crippen molar-refractivity contribution >= 4 is 33.3 Å². The Labute approximate surface area is 124 Å². The van der Waals surface area contributed by atoms with Crippen LogP contribution in [0.25, 0.3) is 0 Å². The zero-order valence-corrected chi connectivity index (χ0v) is 12.5. The van der Waals surface area contributed by atoms with Gasteiger partial charge in [-0.2, -0.15) is 0 Å². The third kappa shape index (κ3) is 3.88. The monoisotopic (exact) mass is 343 g/mol. The largest absolute Gasteiger partial charge is 0.366 e. The first-order valence-electron chi connectivity index (χ1n) is 5.73. The van der Waals surface area contributed by atoms with E-state index >= 15 is 0 Å². The van der Waals surface area contributed by atoms with Gasteiger partial charge in [-0.3, -0.25) is 0 Å². The smallest absolute Gasteiger partial charge is 0.148 e. The third-order valence-electron chi connectivity index (χ3n) is 2.59. The average Bonchev–Trinajstić information content (AvgIpc) is 2.38. The van der Waals surface area contributed by atoms with Gasteiger partial charge >= 0.3 is 0 Å². The summed E-state index contributed by atoms with van der Waals surface area (Å²) in [5.41, 5.74) is 1.05. The molecule has 1 aromatic carbocycles. The lowest BCUT2D eigenvalue weighted by Crippen LogP contribution is -2.19. The molecule has 2 aromatic rings. The number of anilines is 1. The molecule has 0 aliphatic carbocycles. The van der Waals surface area contributed by atoms with Crippen LogP contribution in [0.3, 0.4) is 0 Å². The number of nitrogens with one attached hydrogen (secondary N) is 1. The molecule has 1 N–H and O–H groups in total. The van der Waals surface area contributed by atoms with Gasteiger partial charge in [-0.25, -0.2) is 14.4 Å². The molecule has 19 heavy (non-hydrogen) atoms. The van der Waals surface area contributed by atoms with Crippen LogP contribution in [0.4, 0.5) is 10.2 Å². The van der Waals surface area contributed by atoms with E-state index in [-0.39, 0.29) is 11.9 Å². The van der Waals surface area contributed by atoms with Crippen molar-refractivity contribution in [1.82, 2.24) is 9.97 Å². The first kappa shape index (κ1) is 14.2. The molecule has 0 saturated carbocycles. The number of hydrogen-bond donors (Lipinski definition) is 1. The van der Waals surface area contributed by atoms with E-state index in [1.165, 1.54) is 18.5 Å². The zero-order valence-electron chi connectivity index (χ0n) is 10.2. The fourth-order valence-corrected chi connectivity index (χ4v) is 2.16. The fourth-order valence-electron chi connectivity index (χ4n) is 1.71. The van der Waals surface area contributed by atoms with Crippen molar-refractivity contribution in [2.45, 2.75) is 19.4 Å². The molecule has 0 aliphatic rings. The standard InChI is InChI=1S/C13H12BrClFN3/c1-8(6-9-2-4-10(16)5-3-9)19-13-11(14)12(15)17-7-18-13/h2-5,7-8H,6H2,1H3,(H,17,18,19). The molecule has 100 valence electrons. The molecule has 0 fully saturated rings. The molecule has 0 radical (unpaired) electrons. The van der Waals surface area contributed by atoms with Gasteiger partial charge in [0.1, 0.15) is 23.1 Å². The lowest BCUT2D eigenvalue weighted by atomic mass is 10.1. The van der Waals surface area contributed by atoms with Crippen molar-refractivity contribution in [3.8, 4) is 0 Å². The van der Waals surface area contributed by atoms with E-state index in [4.69, 9.17) is 11.6 Å². The minimum Gasteiger partial charge on any atom is -0.366 e. The maximum atomic E-state index is 12.8. The van der Waals surface area contributed by atoms with Gasteiger partial charge in [-0.1, -0.05) is 23.7 Å². The average molecular weight is 345 g/mol. The quantitative estimate of drug-likeness (QED) is 0.850. The number of nitrogens with zero attached hydrogens (tertiary/aromatic N) is 2. The van der Waals surface area contributed by atoms with Crippen LogP contribution < -0.4 is 5.32 Å². The molecular weight excluding hydrogens is 333 g/mol. The minimum absolute atomic E-state index is 0.132. The topological polar surface area (TPSA) is 37.8 Å². The molecule has 2 rings (SSSR count). The van der Waals surface area contributed by atoms with E-state index < -0.39 is 0 Å². The van der Waals surface area contributed by atoms with Crippen LogP contribution >= 0.6 is 27.5 Å². The van der Waals surface area contributed by atoms with Gasteiger partial charge in [-0.05, 0) is 47.0 Å². The number of halogens is 3. The van der Waals surface area contributed by atoms with Crippen LogP contribution in [0.15, 0.2) is 35.1 Å². The summed E-state index contributed by atoms with van der Waals surface area (Å²) in [6, 6.07) is 6.59. The molecule has 0 bridgehead atoms. The summed E-state index contributed by atoms with van der Waals surface area (Å²) in [6.45, 7) is 2.02. The predicted octanol–water partition coefficient (Wildman–Crippen LogP) is 4.07. The molecule has 0 amide bonds. The Bertz CT molecular complexity index is 562. The number of hydrogen-bond acceptors (Lipinski definition) is 3. The molecule has 0 aliphatic heterocycles. The van der Waals surface area contributed by atoms with Crippen LogP contribution in [0.2, 0.25) is 5.15 Å². The van der Waals surface area contributed by atoms with Gasteiger partial charge in [0.05, 0.1) is 4.47 Å². The zero-order chi connectivity index (χ0) is 13.8. The number of aromatic nitrogens is 2. The SMILES string of the molecule is CC(Cc1ccc(F)cc1)Nc1ncnc(Cl)c1Br. The second-order valence-electron chi connectivity index (χ2n) is 4.20. The normalized spacial score (nSPS) is 12.2. The van der Waals surface area contributed by atoms with Gasteiger partial charge in [0.25, 0.3) is 0 Å². The van der Waals surface area contributed by atoms with E-state index in [0.29, 0.717) is 15.4 Å². The Morgan fingerprint density at radius 1 is 1.32 bits per heavy atom. The molecule has 1 aromatic heterocycles. The van der Waals surface area contributed by atoms with Crippen LogP contribution in [-0.2, 0) is 6.42 Å². The summed E-state index contributed by atoms with van der Waals surface area (Å²) in [6.07, 6.45) is 2.16. The predicted molar refractivity (Wildman–Crippen MR) is 77.9 cm³/mol. The molecule has 1 heterocycles. The van der Waals surface area contributed by atoms with Gasteiger partial charge in [0, 0.05) is 6.04 Å². The van der Waals surface area contributed by atoms with E-state index in [2.05, 4.69) is 31.2 Å². The summed E-state index contributed by atoms with van der Waals surface area (Å²) in [5, 5.41) is 3.61. The molecule has 1 atom stereocenters. The molecule has 0 spiro atoms. The van der Waals surface area contributed by atoms with Crippen LogP contribution in [0.1, 0.15) is 12.5 Å². The highest BCUT2D eigenvalue weighted by atomic mass is 79.9. The van der Waals surface area contributed by atoms with Crippen molar-refractivity contribution in [3.05, 3.63) is 51.6 Å². The van der Waals surface area contributed by atoms with Gasteiger partial charge in [0.2, 0.25) is 0 Å². The third-order valence-corrected chi connectivity index (χ3v) is 3.85. The Hall–Kier alpha value is -1.20. The van der Waals surface area contributed by atoms with E-state index in [0.717, 1.165) is 12.0 Å². The molecule has 3 nitrogen and oxygen atoms in total. The van der Waals surface area contributed by atoms with Crippen molar-refractivity contribution in [2.75, 3.05) is 5.32 Å². The van der Waals surface area contributed by atoms with Crippen molar-refractivity contribution in [3.63, 3.8) is 0 Å². The molecular formula is C13H12BrClFN3. The summed E-state index contributed by atoms with van der Waals surface area (Å²) in [5.74, 6) is 0.421. The minimum atomic E-state index is -0.227. The summed E-state index contributed by atoms with van der Waals surface area (Å²) >= 11 is 9.23. The highest BCUT2D eigenvalue weighted by molar-refractivity contribution is 9.10. The second kappa shape index (κ2) is 6.30. The summed E-state index contributed by atoms with van der Waals surface area (Å²) in [4.78, 5) is 7.99. The van der Waals surface area contributed by atoms with Gasteiger partial charge in [-0.15, -0.1) is 0 Å². The lowest BCUT2D eigenvalue weighted by molar-refractivity contribution is 0.626. The maximum absolute atomic E-state index is 12.8. The summed E-state index contributed by atoms with van der Waals surface area (Å²) < 4.78 is 13.5. The maximum Gasteiger partial charge on any atom is 0.148 e. The Morgan fingerprint density at radius 2 is 2.00 bits per heavy atom. The highest BCUT2D eigenvalue weighted by Crippen LogP contribution is 2.26. The molecule has 0 saturated heterocycles. The van der Waals surface area contributed by atoms with Crippen LogP contribution in [-0.4, -0.2) is 16.0 Å². The van der Waals surface area contributed by atoms with Gasteiger partial charge in [0.15, 0.2) is 0 Å². The molecule has 1 unspecified atom stereocenters. The van der Waals surface area contributed by atoms with Crippen LogP contribution in [0, 0.1) is 5.82 Å². The first-order chi connectivity index (χ1) is 9.06. The fraction of sp³-hybridized carbons (Fsp3) is 0.231.